The van der Waals surface area contributed by atoms with Gasteiger partial charge in [-0.1, -0.05) is 0 Å². The molecular formula is C14H20N4OS. The number of rotatable bonds is 6. The minimum absolute atomic E-state index is 0.0178. The molecule has 1 N–H and O–H groups in total. The minimum atomic E-state index is -0.296. The van der Waals surface area contributed by atoms with Gasteiger partial charge in [-0.3, -0.25) is 9.48 Å². The molecular weight excluding hydrogens is 272 g/mol. The number of amides is 1. The van der Waals surface area contributed by atoms with Crippen LogP contribution in [0.15, 0.2) is 35.3 Å². The Morgan fingerprint density at radius 3 is 2.90 bits per heavy atom. The molecule has 2 aromatic heterocycles. The van der Waals surface area contributed by atoms with Gasteiger partial charge in [-0.2, -0.15) is 16.4 Å². The SMILES string of the molecule is CC(C(=O)NCC(c1ccsc1)N(C)C)n1cccn1. The smallest absolute Gasteiger partial charge is 0.244 e. The Hall–Kier alpha value is -1.66. The summed E-state index contributed by atoms with van der Waals surface area (Å²) in [6, 6.07) is 3.81. The summed E-state index contributed by atoms with van der Waals surface area (Å²) < 4.78 is 1.66. The van der Waals surface area contributed by atoms with E-state index in [2.05, 4.69) is 32.1 Å². The molecule has 0 fully saturated rings. The first-order chi connectivity index (χ1) is 9.59. The number of likely N-dealkylation sites (N-methyl/N-ethyl adjacent to an activating group) is 1. The molecule has 2 unspecified atom stereocenters. The summed E-state index contributed by atoms with van der Waals surface area (Å²) in [6.45, 7) is 2.44. The quantitative estimate of drug-likeness (QED) is 0.885. The highest BCUT2D eigenvalue weighted by molar-refractivity contribution is 7.07. The molecule has 0 saturated heterocycles. The number of carbonyl (C=O) groups excluding carboxylic acids is 1. The van der Waals surface area contributed by atoms with E-state index < -0.39 is 0 Å². The van der Waals surface area contributed by atoms with Gasteiger partial charge in [-0.25, -0.2) is 0 Å². The topological polar surface area (TPSA) is 50.2 Å². The van der Waals surface area contributed by atoms with Crippen molar-refractivity contribution in [1.82, 2.24) is 20.0 Å². The van der Waals surface area contributed by atoms with Crippen LogP contribution in [0.25, 0.3) is 0 Å². The van der Waals surface area contributed by atoms with Gasteiger partial charge in [0.2, 0.25) is 5.91 Å². The van der Waals surface area contributed by atoms with Crippen LogP contribution in [0.5, 0.6) is 0 Å². The van der Waals surface area contributed by atoms with Gasteiger partial charge in [0.15, 0.2) is 0 Å². The summed E-state index contributed by atoms with van der Waals surface area (Å²) in [5.41, 5.74) is 1.23. The third-order valence-corrected chi connectivity index (χ3v) is 4.02. The molecule has 0 aliphatic heterocycles. The van der Waals surface area contributed by atoms with Crippen LogP contribution in [0.3, 0.4) is 0 Å². The van der Waals surface area contributed by atoms with Gasteiger partial charge >= 0.3 is 0 Å². The number of carbonyl (C=O) groups is 1. The second-order valence-electron chi connectivity index (χ2n) is 4.94. The van der Waals surface area contributed by atoms with Crippen LogP contribution in [0.1, 0.15) is 24.6 Å². The predicted octanol–water partition coefficient (Wildman–Crippen LogP) is 1.92. The van der Waals surface area contributed by atoms with Crippen LogP contribution < -0.4 is 5.32 Å². The summed E-state index contributed by atoms with van der Waals surface area (Å²) in [7, 11) is 4.04. The molecule has 0 aliphatic carbocycles. The molecule has 0 aliphatic rings. The number of hydrogen-bond donors (Lipinski definition) is 1. The average molecular weight is 292 g/mol. The van der Waals surface area contributed by atoms with Crippen molar-refractivity contribution in [2.45, 2.75) is 19.0 Å². The summed E-state index contributed by atoms with van der Waals surface area (Å²) in [5.74, 6) is -0.0178. The normalized spacial score (nSPS) is 14.2. The monoisotopic (exact) mass is 292 g/mol. The first-order valence-electron chi connectivity index (χ1n) is 6.55. The minimum Gasteiger partial charge on any atom is -0.352 e. The number of thiophene rings is 1. The van der Waals surface area contributed by atoms with Crippen molar-refractivity contribution in [2.24, 2.45) is 0 Å². The van der Waals surface area contributed by atoms with E-state index in [0.717, 1.165) is 0 Å². The van der Waals surface area contributed by atoms with E-state index in [0.29, 0.717) is 6.54 Å². The Morgan fingerprint density at radius 2 is 2.35 bits per heavy atom. The molecule has 0 radical (unpaired) electrons. The Morgan fingerprint density at radius 1 is 1.55 bits per heavy atom. The molecule has 20 heavy (non-hydrogen) atoms. The van der Waals surface area contributed by atoms with Gasteiger partial charge in [0.25, 0.3) is 0 Å². The molecule has 2 atom stereocenters. The molecule has 5 nitrogen and oxygen atoms in total. The van der Waals surface area contributed by atoms with Crippen molar-refractivity contribution in [3.63, 3.8) is 0 Å². The maximum absolute atomic E-state index is 12.2. The van der Waals surface area contributed by atoms with Crippen molar-refractivity contribution >= 4 is 17.2 Å². The molecule has 0 saturated carbocycles. The van der Waals surface area contributed by atoms with Crippen LogP contribution in [0, 0.1) is 0 Å². The van der Waals surface area contributed by atoms with Crippen molar-refractivity contribution < 1.29 is 4.79 Å². The van der Waals surface area contributed by atoms with Crippen LogP contribution in [0.2, 0.25) is 0 Å². The number of aromatic nitrogens is 2. The molecule has 0 spiro atoms. The Bertz CT molecular complexity index is 521. The van der Waals surface area contributed by atoms with Crippen molar-refractivity contribution in [3.8, 4) is 0 Å². The molecule has 1 amide bonds. The lowest BCUT2D eigenvalue weighted by molar-refractivity contribution is -0.124. The second kappa shape index (κ2) is 6.67. The van der Waals surface area contributed by atoms with Crippen LogP contribution in [-0.4, -0.2) is 41.2 Å². The number of nitrogens with one attached hydrogen (secondary N) is 1. The van der Waals surface area contributed by atoms with E-state index in [1.807, 2.05) is 27.1 Å². The maximum atomic E-state index is 12.2. The van der Waals surface area contributed by atoms with Crippen LogP contribution >= 0.6 is 11.3 Å². The standard InChI is InChI=1S/C14H20N4OS/c1-11(18-7-4-6-16-18)14(19)15-9-13(17(2)3)12-5-8-20-10-12/h4-8,10-11,13H,9H2,1-3H3,(H,15,19). The third-order valence-electron chi connectivity index (χ3n) is 3.32. The van der Waals surface area contributed by atoms with Gasteiger partial charge in [0.1, 0.15) is 6.04 Å². The molecule has 2 rings (SSSR count). The van der Waals surface area contributed by atoms with E-state index in [-0.39, 0.29) is 18.0 Å². The fourth-order valence-corrected chi connectivity index (χ4v) is 2.75. The Labute approximate surface area is 123 Å². The van der Waals surface area contributed by atoms with E-state index in [1.54, 1.807) is 28.4 Å². The second-order valence-corrected chi connectivity index (χ2v) is 5.72. The fraction of sp³-hybridized carbons (Fsp3) is 0.429. The lowest BCUT2D eigenvalue weighted by atomic mass is 10.1. The highest BCUT2D eigenvalue weighted by atomic mass is 32.1. The van der Waals surface area contributed by atoms with E-state index in [9.17, 15) is 4.79 Å². The molecule has 6 heteroatoms. The highest BCUT2D eigenvalue weighted by Gasteiger charge is 2.19. The number of hydrogen-bond acceptors (Lipinski definition) is 4. The van der Waals surface area contributed by atoms with Gasteiger partial charge in [0.05, 0.1) is 6.04 Å². The van der Waals surface area contributed by atoms with Crippen molar-refractivity contribution in [3.05, 3.63) is 40.8 Å². The zero-order valence-corrected chi connectivity index (χ0v) is 12.8. The van der Waals surface area contributed by atoms with Gasteiger partial charge in [-0.15, -0.1) is 0 Å². The Kier molecular flexibility index (Phi) is 4.92. The largest absolute Gasteiger partial charge is 0.352 e. The van der Waals surface area contributed by atoms with Gasteiger partial charge in [-0.05, 0) is 49.5 Å². The molecule has 108 valence electrons. The molecule has 2 aromatic rings. The van der Waals surface area contributed by atoms with Crippen LogP contribution in [0.4, 0.5) is 0 Å². The fourth-order valence-electron chi connectivity index (χ4n) is 2.04. The summed E-state index contributed by atoms with van der Waals surface area (Å²) in [5, 5.41) is 11.3. The summed E-state index contributed by atoms with van der Waals surface area (Å²) >= 11 is 1.67. The van der Waals surface area contributed by atoms with Gasteiger partial charge in [0, 0.05) is 18.9 Å². The van der Waals surface area contributed by atoms with Crippen molar-refractivity contribution in [1.29, 1.82) is 0 Å². The molecule has 2 heterocycles. The van der Waals surface area contributed by atoms with E-state index >= 15 is 0 Å². The summed E-state index contributed by atoms with van der Waals surface area (Å²) in [6.07, 6.45) is 3.48. The van der Waals surface area contributed by atoms with Gasteiger partial charge < -0.3 is 10.2 Å². The molecule has 0 bridgehead atoms. The number of nitrogens with zero attached hydrogens (tertiary/aromatic N) is 3. The lowest BCUT2D eigenvalue weighted by Crippen LogP contribution is -2.37. The maximum Gasteiger partial charge on any atom is 0.244 e. The zero-order chi connectivity index (χ0) is 14.5. The Balaban J connectivity index is 1.94. The third kappa shape index (κ3) is 3.46. The van der Waals surface area contributed by atoms with E-state index in [4.69, 9.17) is 0 Å². The first-order valence-corrected chi connectivity index (χ1v) is 7.49. The first kappa shape index (κ1) is 14.7. The highest BCUT2D eigenvalue weighted by Crippen LogP contribution is 2.20. The van der Waals surface area contributed by atoms with E-state index in [1.165, 1.54) is 5.56 Å². The van der Waals surface area contributed by atoms with Crippen molar-refractivity contribution in [2.75, 3.05) is 20.6 Å². The van der Waals surface area contributed by atoms with Crippen LogP contribution in [-0.2, 0) is 4.79 Å². The summed E-state index contributed by atoms with van der Waals surface area (Å²) in [4.78, 5) is 14.3. The lowest BCUT2D eigenvalue weighted by Gasteiger charge is -2.24. The predicted molar refractivity (Wildman–Crippen MR) is 80.7 cm³/mol. The molecule has 0 aromatic carbocycles. The zero-order valence-electron chi connectivity index (χ0n) is 12.0. The average Bonchev–Trinajstić information content (AvgIpc) is 3.10.